The average Bonchev–Trinajstić information content (AvgIpc) is 2.79. The maximum absolute atomic E-state index is 12.9. The Hall–Kier alpha value is -2.27. The monoisotopic (exact) mass is 275 g/mol. The van der Waals surface area contributed by atoms with Crippen LogP contribution in [0.5, 0.6) is 0 Å². The first kappa shape index (κ1) is 11.8. The van der Waals surface area contributed by atoms with Gasteiger partial charge in [0, 0.05) is 18.0 Å². The number of hydrogen-bond acceptors (Lipinski definition) is 3. The van der Waals surface area contributed by atoms with Crippen molar-refractivity contribution >= 4 is 23.4 Å². The highest BCUT2D eigenvalue weighted by Gasteiger charge is 2.16. The minimum absolute atomic E-state index is 0.200. The van der Waals surface area contributed by atoms with Crippen LogP contribution < -0.4 is 0 Å². The van der Waals surface area contributed by atoms with Gasteiger partial charge in [0.15, 0.2) is 11.4 Å². The van der Waals surface area contributed by atoms with Crippen molar-refractivity contribution in [1.29, 1.82) is 0 Å². The number of hydrogen-bond donors (Lipinski definition) is 0. The lowest BCUT2D eigenvalue weighted by atomic mass is 10.1. The lowest BCUT2D eigenvalue weighted by molar-refractivity contribution is 0.112. The van der Waals surface area contributed by atoms with Crippen LogP contribution in [0, 0.1) is 5.82 Å². The molecule has 0 N–H and O–H groups in total. The number of carbonyl (C=O) groups excluding carboxylic acids is 1. The molecular formula is C13H7ClFN3O. The lowest BCUT2D eigenvalue weighted by Crippen LogP contribution is -1.89. The van der Waals surface area contributed by atoms with Crippen LogP contribution in [0.25, 0.3) is 16.8 Å². The van der Waals surface area contributed by atoms with Crippen molar-refractivity contribution in [1.82, 2.24) is 14.6 Å². The predicted octanol–water partition coefficient (Wildman–Crippen LogP) is 3.00. The van der Waals surface area contributed by atoms with E-state index in [4.69, 9.17) is 11.6 Å². The fraction of sp³-hybridized carbons (Fsp3) is 0. The second-order valence-electron chi connectivity index (χ2n) is 3.90. The first-order valence-corrected chi connectivity index (χ1v) is 5.82. The largest absolute Gasteiger partial charge is 0.298 e. The maximum atomic E-state index is 12.9. The van der Waals surface area contributed by atoms with Crippen LogP contribution >= 0.6 is 11.6 Å². The molecular weight excluding hydrogens is 269 g/mol. The third-order valence-electron chi connectivity index (χ3n) is 2.77. The van der Waals surface area contributed by atoms with Crippen LogP contribution in [0.2, 0.25) is 5.15 Å². The number of fused-ring (bicyclic) bond motifs is 1. The van der Waals surface area contributed by atoms with Crippen molar-refractivity contribution in [3.63, 3.8) is 0 Å². The van der Waals surface area contributed by atoms with Crippen molar-refractivity contribution in [2.24, 2.45) is 0 Å². The molecule has 1 aromatic carbocycles. The third kappa shape index (κ3) is 1.88. The summed E-state index contributed by atoms with van der Waals surface area (Å²) in [6.07, 6.45) is 3.77. The minimum Gasteiger partial charge on any atom is -0.298 e. The molecule has 0 saturated heterocycles. The topological polar surface area (TPSA) is 47.3 Å². The SMILES string of the molecule is O=Cc1c(-c2ccc(F)cc2)nn2ccnc(Cl)c12. The Kier molecular flexibility index (Phi) is 2.76. The summed E-state index contributed by atoms with van der Waals surface area (Å²) in [4.78, 5) is 15.2. The number of carbonyl (C=O) groups is 1. The van der Waals surface area contributed by atoms with E-state index in [1.807, 2.05) is 0 Å². The first-order valence-electron chi connectivity index (χ1n) is 5.44. The van der Waals surface area contributed by atoms with Crippen molar-refractivity contribution in [3.05, 3.63) is 53.2 Å². The van der Waals surface area contributed by atoms with Crippen LogP contribution in [0.1, 0.15) is 10.4 Å². The van der Waals surface area contributed by atoms with Crippen molar-refractivity contribution < 1.29 is 9.18 Å². The molecule has 0 aliphatic rings. The van der Waals surface area contributed by atoms with Crippen LogP contribution in [0.4, 0.5) is 4.39 Å². The Morgan fingerprint density at radius 3 is 2.68 bits per heavy atom. The van der Waals surface area contributed by atoms with E-state index in [0.29, 0.717) is 28.6 Å². The van der Waals surface area contributed by atoms with Gasteiger partial charge in [-0.05, 0) is 24.3 Å². The summed E-state index contributed by atoms with van der Waals surface area (Å²) in [6, 6.07) is 5.75. The van der Waals surface area contributed by atoms with E-state index >= 15 is 0 Å². The second kappa shape index (κ2) is 4.44. The summed E-state index contributed by atoms with van der Waals surface area (Å²) in [5, 5.41) is 4.48. The average molecular weight is 276 g/mol. The van der Waals surface area contributed by atoms with E-state index in [9.17, 15) is 9.18 Å². The molecule has 0 aliphatic heterocycles. The molecule has 6 heteroatoms. The zero-order valence-corrected chi connectivity index (χ0v) is 10.3. The molecule has 3 rings (SSSR count). The summed E-state index contributed by atoms with van der Waals surface area (Å²) < 4.78 is 14.4. The van der Waals surface area contributed by atoms with Crippen LogP contribution in [0.3, 0.4) is 0 Å². The van der Waals surface area contributed by atoms with Gasteiger partial charge in [-0.25, -0.2) is 13.9 Å². The van der Waals surface area contributed by atoms with E-state index in [1.54, 1.807) is 18.3 Å². The molecule has 0 amide bonds. The van der Waals surface area contributed by atoms with Gasteiger partial charge in [0.2, 0.25) is 0 Å². The van der Waals surface area contributed by atoms with Crippen LogP contribution in [-0.4, -0.2) is 20.9 Å². The summed E-state index contributed by atoms with van der Waals surface area (Å²) in [5.74, 6) is -0.347. The number of rotatable bonds is 2. The molecule has 19 heavy (non-hydrogen) atoms. The number of benzene rings is 1. The molecule has 0 saturated carbocycles. The summed E-state index contributed by atoms with van der Waals surface area (Å²) in [7, 11) is 0. The molecule has 0 bridgehead atoms. The van der Waals surface area contributed by atoms with Gasteiger partial charge in [-0.3, -0.25) is 4.79 Å². The second-order valence-corrected chi connectivity index (χ2v) is 4.26. The smallest absolute Gasteiger partial charge is 0.155 e. The van der Waals surface area contributed by atoms with Gasteiger partial charge in [-0.2, -0.15) is 5.10 Å². The van der Waals surface area contributed by atoms with E-state index in [0.717, 1.165) is 0 Å². The highest BCUT2D eigenvalue weighted by molar-refractivity contribution is 6.33. The Bertz CT molecular complexity index is 767. The van der Waals surface area contributed by atoms with Crippen molar-refractivity contribution in [3.8, 4) is 11.3 Å². The normalized spacial score (nSPS) is 10.8. The molecule has 2 heterocycles. The van der Waals surface area contributed by atoms with E-state index in [1.165, 1.54) is 22.8 Å². The molecule has 0 spiro atoms. The minimum atomic E-state index is -0.347. The third-order valence-corrected chi connectivity index (χ3v) is 3.05. The molecule has 4 nitrogen and oxygen atoms in total. The summed E-state index contributed by atoms with van der Waals surface area (Å²) in [5.41, 5.74) is 1.87. The molecule has 0 aliphatic carbocycles. The zero-order valence-electron chi connectivity index (χ0n) is 9.55. The van der Waals surface area contributed by atoms with Gasteiger partial charge in [-0.15, -0.1) is 0 Å². The Balaban J connectivity index is 2.32. The van der Waals surface area contributed by atoms with Crippen molar-refractivity contribution in [2.45, 2.75) is 0 Å². The number of aromatic nitrogens is 3. The fourth-order valence-electron chi connectivity index (χ4n) is 1.92. The maximum Gasteiger partial charge on any atom is 0.155 e. The highest BCUT2D eigenvalue weighted by Crippen LogP contribution is 2.27. The summed E-state index contributed by atoms with van der Waals surface area (Å²) >= 11 is 5.98. The van der Waals surface area contributed by atoms with E-state index in [-0.39, 0.29) is 11.0 Å². The molecule has 0 unspecified atom stereocenters. The molecule has 0 atom stereocenters. The number of nitrogens with zero attached hydrogens (tertiary/aromatic N) is 3. The molecule has 0 radical (unpaired) electrons. The van der Waals surface area contributed by atoms with E-state index < -0.39 is 0 Å². The Morgan fingerprint density at radius 2 is 2.00 bits per heavy atom. The lowest BCUT2D eigenvalue weighted by Gasteiger charge is -1.97. The van der Waals surface area contributed by atoms with Gasteiger partial charge in [0.05, 0.1) is 5.56 Å². The quantitative estimate of drug-likeness (QED) is 0.676. The number of halogens is 2. The van der Waals surface area contributed by atoms with Gasteiger partial charge in [-0.1, -0.05) is 11.6 Å². The Labute approximate surface area is 112 Å². The van der Waals surface area contributed by atoms with Gasteiger partial charge in [0.25, 0.3) is 0 Å². The molecule has 0 fully saturated rings. The van der Waals surface area contributed by atoms with Gasteiger partial charge in [0.1, 0.15) is 17.0 Å². The van der Waals surface area contributed by atoms with E-state index in [2.05, 4.69) is 10.1 Å². The summed E-state index contributed by atoms with van der Waals surface area (Å²) in [6.45, 7) is 0. The predicted molar refractivity (Wildman–Crippen MR) is 68.8 cm³/mol. The Morgan fingerprint density at radius 1 is 1.26 bits per heavy atom. The molecule has 94 valence electrons. The van der Waals surface area contributed by atoms with Crippen LogP contribution in [-0.2, 0) is 0 Å². The molecule has 2 aromatic heterocycles. The van der Waals surface area contributed by atoms with Crippen LogP contribution in [0.15, 0.2) is 36.7 Å². The standard InChI is InChI=1S/C13H7ClFN3O/c14-13-12-10(7-19)11(17-18(12)6-5-16-13)8-1-3-9(15)4-2-8/h1-7H. The van der Waals surface area contributed by atoms with Crippen molar-refractivity contribution in [2.75, 3.05) is 0 Å². The fourth-order valence-corrected chi connectivity index (χ4v) is 2.16. The first-order chi connectivity index (χ1) is 9.20. The van der Waals surface area contributed by atoms with Gasteiger partial charge < -0.3 is 0 Å². The number of aldehydes is 1. The molecule has 3 aromatic rings. The zero-order chi connectivity index (χ0) is 13.4. The van der Waals surface area contributed by atoms with Gasteiger partial charge >= 0.3 is 0 Å². The highest BCUT2D eigenvalue weighted by atomic mass is 35.5.